The summed E-state index contributed by atoms with van der Waals surface area (Å²) in [6.07, 6.45) is -0.840. The highest BCUT2D eigenvalue weighted by Crippen LogP contribution is 2.39. The Labute approximate surface area is 193 Å². The molecule has 0 aliphatic carbocycles. The van der Waals surface area contributed by atoms with Crippen LogP contribution in [0, 0.1) is 6.92 Å². The van der Waals surface area contributed by atoms with E-state index in [1.165, 1.54) is 7.11 Å². The molecule has 0 saturated carbocycles. The van der Waals surface area contributed by atoms with Gasteiger partial charge in [-0.15, -0.1) is 0 Å². The molecule has 174 valence electrons. The smallest absolute Gasteiger partial charge is 0.406 e. The van der Waals surface area contributed by atoms with Gasteiger partial charge in [0, 0.05) is 23.1 Å². The van der Waals surface area contributed by atoms with Crippen molar-refractivity contribution in [2.75, 3.05) is 20.2 Å². The first kappa shape index (κ1) is 21.9. The highest BCUT2D eigenvalue weighted by Gasteiger charge is 2.37. The van der Waals surface area contributed by atoms with Gasteiger partial charge < -0.3 is 14.1 Å². The van der Waals surface area contributed by atoms with E-state index in [2.05, 4.69) is 10.2 Å². The second-order valence-corrected chi connectivity index (χ2v) is 8.25. The molecule has 1 aliphatic heterocycles. The van der Waals surface area contributed by atoms with Gasteiger partial charge >= 0.3 is 6.18 Å². The summed E-state index contributed by atoms with van der Waals surface area (Å²) >= 11 is 0. The minimum Gasteiger partial charge on any atom is -0.496 e. The van der Waals surface area contributed by atoms with E-state index in [4.69, 9.17) is 9.15 Å². The largest absolute Gasteiger partial charge is 0.496 e. The fourth-order valence-corrected chi connectivity index (χ4v) is 4.37. The van der Waals surface area contributed by atoms with Crippen molar-refractivity contribution in [1.29, 1.82) is 0 Å². The molecule has 0 radical (unpaired) electrons. The number of benzene rings is 2. The third kappa shape index (κ3) is 3.98. The number of alkyl halides is 3. The second kappa shape index (κ2) is 8.16. The lowest BCUT2D eigenvalue weighted by atomic mass is 9.92. The standard InChI is InChI=1S/C25H20F3N3O3/c1-14-7-18(11-29-30-14)15-3-4-19-20(12-34-21(19)9-15)17-8-16-5-6-31(13-25(26,27)28)24(32)23(16)22(10-17)33-2/h3-4,7-12H,5-6,13H2,1-2H3. The van der Waals surface area contributed by atoms with Gasteiger partial charge in [-0.25, -0.2) is 0 Å². The number of rotatable bonds is 4. The molecule has 34 heavy (non-hydrogen) atoms. The summed E-state index contributed by atoms with van der Waals surface area (Å²) in [6, 6.07) is 11.3. The number of amides is 1. The van der Waals surface area contributed by atoms with Crippen LogP contribution < -0.4 is 4.74 Å². The van der Waals surface area contributed by atoms with E-state index in [1.807, 2.05) is 37.3 Å². The Bertz CT molecular complexity index is 1390. The highest BCUT2D eigenvalue weighted by atomic mass is 19.4. The molecule has 0 fully saturated rings. The van der Waals surface area contributed by atoms with E-state index in [9.17, 15) is 18.0 Å². The average Bonchev–Trinajstić information content (AvgIpc) is 3.23. The molecule has 0 saturated heterocycles. The van der Waals surface area contributed by atoms with Crippen LogP contribution in [0.25, 0.3) is 33.2 Å². The molecule has 1 aliphatic rings. The maximum absolute atomic E-state index is 12.9. The van der Waals surface area contributed by atoms with Crippen LogP contribution in [-0.2, 0) is 6.42 Å². The van der Waals surface area contributed by atoms with Crippen molar-refractivity contribution in [2.24, 2.45) is 0 Å². The SMILES string of the molecule is COc1cc(-c2coc3cc(-c4cnnc(C)c4)ccc23)cc2c1C(=O)N(CC(F)(F)F)CC2. The lowest BCUT2D eigenvalue weighted by Gasteiger charge is -2.30. The van der Waals surface area contributed by atoms with Crippen LogP contribution in [0.15, 0.2) is 53.3 Å². The summed E-state index contributed by atoms with van der Waals surface area (Å²) in [5.74, 6) is -0.432. The van der Waals surface area contributed by atoms with Crippen molar-refractivity contribution >= 4 is 16.9 Å². The number of halogens is 3. The van der Waals surface area contributed by atoms with Crippen LogP contribution in [0.4, 0.5) is 13.2 Å². The fourth-order valence-electron chi connectivity index (χ4n) is 4.37. The molecule has 0 spiro atoms. The monoisotopic (exact) mass is 467 g/mol. The van der Waals surface area contributed by atoms with Crippen molar-refractivity contribution in [3.63, 3.8) is 0 Å². The summed E-state index contributed by atoms with van der Waals surface area (Å²) in [5.41, 5.74) is 5.74. The van der Waals surface area contributed by atoms with E-state index in [1.54, 1.807) is 18.5 Å². The number of ether oxygens (including phenoxy) is 1. The predicted molar refractivity (Wildman–Crippen MR) is 120 cm³/mol. The van der Waals surface area contributed by atoms with E-state index < -0.39 is 18.6 Å². The number of aryl methyl sites for hydroxylation is 1. The Hall–Kier alpha value is -3.88. The quantitative estimate of drug-likeness (QED) is 0.400. The zero-order valence-electron chi connectivity index (χ0n) is 18.4. The molecule has 0 unspecified atom stereocenters. The van der Waals surface area contributed by atoms with Crippen molar-refractivity contribution < 1.29 is 27.1 Å². The lowest BCUT2D eigenvalue weighted by Crippen LogP contribution is -2.43. The number of hydrogen-bond donors (Lipinski definition) is 0. The molecule has 0 atom stereocenters. The normalized spacial score (nSPS) is 13.9. The summed E-state index contributed by atoms with van der Waals surface area (Å²) in [7, 11) is 1.40. The molecule has 2 aromatic carbocycles. The van der Waals surface area contributed by atoms with Crippen molar-refractivity contribution in [3.8, 4) is 28.0 Å². The number of carbonyl (C=O) groups is 1. The molecular formula is C25H20F3N3O3. The van der Waals surface area contributed by atoms with Gasteiger partial charge in [0.1, 0.15) is 17.9 Å². The van der Waals surface area contributed by atoms with Crippen LogP contribution >= 0.6 is 0 Å². The predicted octanol–water partition coefficient (Wildman–Crippen LogP) is 5.43. The molecule has 9 heteroatoms. The summed E-state index contributed by atoms with van der Waals surface area (Å²) < 4.78 is 49.9. The Kier molecular flexibility index (Phi) is 5.27. The van der Waals surface area contributed by atoms with Gasteiger partial charge in [0.25, 0.3) is 5.91 Å². The van der Waals surface area contributed by atoms with Gasteiger partial charge in [-0.05, 0) is 60.4 Å². The third-order valence-corrected chi connectivity index (χ3v) is 5.92. The number of aromatic nitrogens is 2. The third-order valence-electron chi connectivity index (χ3n) is 5.92. The van der Waals surface area contributed by atoms with Crippen molar-refractivity contribution in [2.45, 2.75) is 19.5 Å². The Morgan fingerprint density at radius 2 is 1.94 bits per heavy atom. The van der Waals surface area contributed by atoms with Gasteiger partial charge in [0.2, 0.25) is 0 Å². The van der Waals surface area contributed by atoms with Gasteiger partial charge in [-0.2, -0.15) is 23.4 Å². The lowest BCUT2D eigenvalue weighted by molar-refractivity contribution is -0.141. The van der Waals surface area contributed by atoms with Crippen LogP contribution in [0.1, 0.15) is 21.6 Å². The zero-order valence-corrected chi connectivity index (χ0v) is 18.4. The first-order valence-electron chi connectivity index (χ1n) is 10.6. The van der Waals surface area contributed by atoms with Crippen LogP contribution in [-0.4, -0.2) is 47.4 Å². The van der Waals surface area contributed by atoms with Gasteiger partial charge in [0.05, 0.1) is 30.8 Å². The molecule has 6 nitrogen and oxygen atoms in total. The average molecular weight is 467 g/mol. The number of methoxy groups -OCH3 is 1. The van der Waals surface area contributed by atoms with Crippen LogP contribution in [0.2, 0.25) is 0 Å². The van der Waals surface area contributed by atoms with Crippen molar-refractivity contribution in [1.82, 2.24) is 15.1 Å². The molecule has 3 heterocycles. The molecule has 0 bridgehead atoms. The topological polar surface area (TPSA) is 68.5 Å². The van der Waals surface area contributed by atoms with Gasteiger partial charge in [-0.1, -0.05) is 6.07 Å². The Morgan fingerprint density at radius 3 is 2.68 bits per heavy atom. The number of furan rings is 1. The van der Waals surface area contributed by atoms with E-state index in [0.717, 1.165) is 38.2 Å². The fraction of sp³-hybridized carbons (Fsp3) is 0.240. The zero-order chi connectivity index (χ0) is 24.0. The molecular weight excluding hydrogens is 447 g/mol. The molecule has 4 aromatic rings. The number of hydrogen-bond acceptors (Lipinski definition) is 5. The van der Waals surface area contributed by atoms with Gasteiger partial charge in [0.15, 0.2) is 0 Å². The molecule has 1 amide bonds. The number of carbonyl (C=O) groups excluding carboxylic acids is 1. The van der Waals surface area contributed by atoms with Crippen LogP contribution in [0.5, 0.6) is 5.75 Å². The second-order valence-electron chi connectivity index (χ2n) is 8.25. The summed E-state index contributed by atoms with van der Waals surface area (Å²) in [4.78, 5) is 13.6. The van der Waals surface area contributed by atoms with Crippen LogP contribution in [0.3, 0.4) is 0 Å². The first-order chi connectivity index (χ1) is 16.2. The molecule has 5 rings (SSSR count). The molecule has 2 aromatic heterocycles. The van der Waals surface area contributed by atoms with E-state index in [-0.39, 0.29) is 17.9 Å². The minimum atomic E-state index is -4.46. The Morgan fingerprint density at radius 1 is 1.12 bits per heavy atom. The van der Waals surface area contributed by atoms with E-state index in [0.29, 0.717) is 17.6 Å². The summed E-state index contributed by atoms with van der Waals surface area (Å²) in [5, 5.41) is 8.84. The maximum atomic E-state index is 12.9. The highest BCUT2D eigenvalue weighted by molar-refractivity contribution is 6.02. The maximum Gasteiger partial charge on any atom is 0.406 e. The number of fused-ring (bicyclic) bond motifs is 2. The number of nitrogens with zero attached hydrogens (tertiary/aromatic N) is 3. The Balaban J connectivity index is 1.54. The van der Waals surface area contributed by atoms with Crippen molar-refractivity contribution in [3.05, 3.63) is 65.7 Å². The van der Waals surface area contributed by atoms with Gasteiger partial charge in [-0.3, -0.25) is 4.79 Å². The van der Waals surface area contributed by atoms with E-state index >= 15 is 0 Å². The molecule has 0 N–H and O–H groups in total. The first-order valence-corrected chi connectivity index (χ1v) is 10.6. The summed E-state index contributed by atoms with van der Waals surface area (Å²) in [6.45, 7) is 0.584. The minimum absolute atomic E-state index is 0.00711.